The van der Waals surface area contributed by atoms with E-state index in [4.69, 9.17) is 9.15 Å². The van der Waals surface area contributed by atoms with Crippen LogP contribution in [0.5, 0.6) is 5.75 Å². The van der Waals surface area contributed by atoms with Gasteiger partial charge in [0.15, 0.2) is 0 Å². The number of carbonyl (C=O) groups excluding carboxylic acids is 1. The van der Waals surface area contributed by atoms with Gasteiger partial charge in [0, 0.05) is 24.2 Å². The molecule has 2 atom stereocenters. The average molecular weight is 554 g/mol. The minimum absolute atomic E-state index is 0.289. The molecular formula is C34H39N3O4. The molecule has 0 saturated heterocycles. The van der Waals surface area contributed by atoms with Crippen LogP contribution >= 0.6 is 0 Å². The normalized spacial score (nSPS) is 16.8. The van der Waals surface area contributed by atoms with Crippen molar-refractivity contribution >= 4 is 5.91 Å². The van der Waals surface area contributed by atoms with Crippen molar-refractivity contribution in [1.82, 2.24) is 15.6 Å². The van der Waals surface area contributed by atoms with Gasteiger partial charge in [0.25, 0.3) is 5.91 Å². The number of amides is 1. The van der Waals surface area contributed by atoms with E-state index in [1.54, 1.807) is 18.3 Å². The minimum atomic E-state index is -0.808. The second-order valence-corrected chi connectivity index (χ2v) is 11.1. The van der Waals surface area contributed by atoms with Crippen molar-refractivity contribution in [3.8, 4) is 17.2 Å². The first-order valence-electron chi connectivity index (χ1n) is 14.5. The molecule has 1 amide bonds. The van der Waals surface area contributed by atoms with E-state index in [0.29, 0.717) is 54.8 Å². The number of benzene rings is 3. The number of aryl methyl sites for hydroxylation is 1. The Balaban J connectivity index is 1.37. The van der Waals surface area contributed by atoms with Crippen molar-refractivity contribution in [2.24, 2.45) is 0 Å². The van der Waals surface area contributed by atoms with Gasteiger partial charge in [-0.15, -0.1) is 0 Å². The molecule has 0 spiro atoms. The lowest BCUT2D eigenvalue weighted by atomic mass is 9.97. The van der Waals surface area contributed by atoms with Gasteiger partial charge in [-0.05, 0) is 72.1 Å². The predicted octanol–water partition coefficient (Wildman–Crippen LogP) is 5.67. The van der Waals surface area contributed by atoms with Crippen LogP contribution in [0.2, 0.25) is 0 Å². The highest BCUT2D eigenvalue weighted by Crippen LogP contribution is 2.26. The number of nitrogens with one attached hydrogen (secondary N) is 2. The molecule has 7 nitrogen and oxygen atoms in total. The highest BCUT2D eigenvalue weighted by atomic mass is 16.5. The van der Waals surface area contributed by atoms with Gasteiger partial charge in [-0.25, -0.2) is 4.98 Å². The van der Waals surface area contributed by atoms with Crippen LogP contribution in [0.4, 0.5) is 0 Å². The zero-order valence-electron chi connectivity index (χ0n) is 23.8. The molecule has 1 aliphatic heterocycles. The minimum Gasteiger partial charge on any atom is -0.494 e. The molecule has 3 N–H and O–H groups in total. The van der Waals surface area contributed by atoms with E-state index >= 15 is 0 Å². The van der Waals surface area contributed by atoms with Crippen LogP contribution in [0.25, 0.3) is 11.5 Å². The standard InChI is InChI=1S/C34H39N3O4/c1-23(2)27-11-6-10-26(16-27)21-35-22-32(38)31-17-25-9-5-8-24(15-25)7-3-4-13-40-30-19-28(33(39)37-31)18-29(20-30)34-36-12-14-41-34/h5-6,8-12,14-16,18-20,23,31-32,35,38H,3-4,7,13,17,21-22H2,1-2H3,(H,37,39)/t31-,32+/m0/s1. The zero-order chi connectivity index (χ0) is 28.6. The Morgan fingerprint density at radius 1 is 1.02 bits per heavy atom. The lowest BCUT2D eigenvalue weighted by molar-refractivity contribution is 0.0829. The van der Waals surface area contributed by atoms with Gasteiger partial charge in [0.1, 0.15) is 12.0 Å². The number of aliphatic hydroxyl groups is 1. The first-order valence-corrected chi connectivity index (χ1v) is 14.5. The van der Waals surface area contributed by atoms with Gasteiger partial charge in [0.2, 0.25) is 5.89 Å². The van der Waals surface area contributed by atoms with Gasteiger partial charge in [-0.1, -0.05) is 62.4 Å². The number of fused-ring (bicyclic) bond motifs is 4. The maximum absolute atomic E-state index is 13.6. The molecule has 0 saturated carbocycles. The molecule has 41 heavy (non-hydrogen) atoms. The molecule has 7 heteroatoms. The summed E-state index contributed by atoms with van der Waals surface area (Å²) in [7, 11) is 0. The van der Waals surface area contributed by atoms with Crippen molar-refractivity contribution in [3.63, 3.8) is 0 Å². The molecular weight excluding hydrogens is 514 g/mol. The number of oxazole rings is 1. The molecule has 5 rings (SSSR count). The summed E-state index contributed by atoms with van der Waals surface area (Å²) >= 11 is 0. The van der Waals surface area contributed by atoms with Crippen LogP contribution in [0.3, 0.4) is 0 Å². The molecule has 4 aromatic rings. The Morgan fingerprint density at radius 2 is 1.85 bits per heavy atom. The summed E-state index contributed by atoms with van der Waals surface area (Å²) in [6, 6.07) is 21.7. The summed E-state index contributed by atoms with van der Waals surface area (Å²) < 4.78 is 11.5. The second-order valence-electron chi connectivity index (χ2n) is 11.1. The van der Waals surface area contributed by atoms with Crippen molar-refractivity contribution < 1.29 is 19.1 Å². The molecule has 0 fully saturated rings. The van der Waals surface area contributed by atoms with Crippen molar-refractivity contribution in [2.45, 2.75) is 64.1 Å². The largest absolute Gasteiger partial charge is 0.494 e. The summed E-state index contributed by atoms with van der Waals surface area (Å²) in [5, 5.41) is 17.9. The fourth-order valence-corrected chi connectivity index (χ4v) is 5.19. The van der Waals surface area contributed by atoms with Crippen molar-refractivity contribution in [3.05, 3.63) is 107 Å². The van der Waals surface area contributed by atoms with Crippen LogP contribution in [-0.2, 0) is 19.4 Å². The van der Waals surface area contributed by atoms with E-state index in [2.05, 4.69) is 78.0 Å². The van der Waals surface area contributed by atoms with Gasteiger partial charge in [0.05, 0.1) is 24.9 Å². The molecule has 3 aromatic carbocycles. The van der Waals surface area contributed by atoms with Gasteiger partial charge in [-0.3, -0.25) is 4.79 Å². The van der Waals surface area contributed by atoms with Gasteiger partial charge < -0.3 is 24.9 Å². The highest BCUT2D eigenvalue weighted by Gasteiger charge is 2.24. The topological polar surface area (TPSA) is 96.6 Å². The fraction of sp³-hybridized carbons (Fsp3) is 0.353. The Kier molecular flexibility index (Phi) is 9.49. The summed E-state index contributed by atoms with van der Waals surface area (Å²) in [6.07, 6.45) is 5.60. The number of aliphatic hydroxyl groups excluding tert-OH is 1. The Hall–Kier alpha value is -3.94. The Morgan fingerprint density at radius 3 is 2.68 bits per heavy atom. The first kappa shape index (κ1) is 28.6. The summed E-state index contributed by atoms with van der Waals surface area (Å²) in [5.41, 5.74) is 5.86. The van der Waals surface area contributed by atoms with E-state index in [1.807, 2.05) is 6.07 Å². The zero-order valence-corrected chi connectivity index (χ0v) is 23.8. The number of aromatic nitrogens is 1. The van der Waals surface area contributed by atoms with Gasteiger partial charge >= 0.3 is 0 Å². The summed E-state index contributed by atoms with van der Waals surface area (Å²) in [6.45, 7) is 5.87. The van der Waals surface area contributed by atoms with E-state index in [-0.39, 0.29) is 5.91 Å². The van der Waals surface area contributed by atoms with Crippen molar-refractivity contribution in [2.75, 3.05) is 13.2 Å². The third-order valence-corrected chi connectivity index (χ3v) is 7.50. The molecule has 2 heterocycles. The van der Waals surface area contributed by atoms with Crippen molar-refractivity contribution in [1.29, 1.82) is 0 Å². The smallest absolute Gasteiger partial charge is 0.251 e. The van der Waals surface area contributed by atoms with E-state index < -0.39 is 12.1 Å². The average Bonchev–Trinajstić information content (AvgIpc) is 3.52. The molecule has 1 aromatic heterocycles. The molecule has 0 unspecified atom stereocenters. The van der Waals surface area contributed by atoms with Crippen LogP contribution in [-0.4, -0.2) is 41.3 Å². The summed E-state index contributed by atoms with van der Waals surface area (Å²) in [4.78, 5) is 17.9. The van der Waals surface area contributed by atoms with Crippen LogP contribution in [0.15, 0.2) is 83.6 Å². The quantitative estimate of drug-likeness (QED) is 0.273. The lowest BCUT2D eigenvalue weighted by Gasteiger charge is -2.25. The van der Waals surface area contributed by atoms with E-state index in [9.17, 15) is 9.90 Å². The van der Waals surface area contributed by atoms with E-state index in [1.165, 1.54) is 17.4 Å². The number of ether oxygens (including phenoxy) is 1. The van der Waals surface area contributed by atoms with Crippen LogP contribution < -0.4 is 15.4 Å². The number of hydrogen-bond donors (Lipinski definition) is 3. The van der Waals surface area contributed by atoms with Gasteiger partial charge in [-0.2, -0.15) is 0 Å². The lowest BCUT2D eigenvalue weighted by Crippen LogP contribution is -2.48. The van der Waals surface area contributed by atoms with Crippen LogP contribution in [0.1, 0.15) is 65.2 Å². The highest BCUT2D eigenvalue weighted by molar-refractivity contribution is 5.96. The molecule has 0 aliphatic carbocycles. The summed E-state index contributed by atoms with van der Waals surface area (Å²) in [5.74, 6) is 1.17. The number of carbonyl (C=O) groups is 1. The maximum Gasteiger partial charge on any atom is 0.251 e. The molecule has 0 radical (unpaired) electrons. The third kappa shape index (κ3) is 7.84. The molecule has 214 valence electrons. The Labute approximate surface area is 242 Å². The number of rotatable bonds is 7. The third-order valence-electron chi connectivity index (χ3n) is 7.50. The molecule has 4 bridgehead atoms. The second kappa shape index (κ2) is 13.6. The Bertz CT molecular complexity index is 1430. The number of nitrogens with zero attached hydrogens (tertiary/aromatic N) is 1. The molecule has 1 aliphatic rings. The predicted molar refractivity (Wildman–Crippen MR) is 160 cm³/mol. The monoisotopic (exact) mass is 553 g/mol. The SMILES string of the molecule is CC(C)c1cccc(CNC[C@@H](O)[C@@H]2Cc3cccc(c3)CCCCOc3cc(cc(-c4ncco4)c3)C(=O)N2)c1. The first-order chi connectivity index (χ1) is 19.9. The number of hydrogen-bond acceptors (Lipinski definition) is 6. The van der Waals surface area contributed by atoms with Crippen LogP contribution in [0, 0.1) is 0 Å². The maximum atomic E-state index is 13.6. The fourth-order valence-electron chi connectivity index (χ4n) is 5.19. The van der Waals surface area contributed by atoms with E-state index in [0.717, 1.165) is 30.4 Å².